The highest BCUT2D eigenvalue weighted by molar-refractivity contribution is 7.09. The first-order valence-electron chi connectivity index (χ1n) is 7.15. The number of nitrogens with zero attached hydrogens (tertiary/aromatic N) is 2. The molecule has 3 nitrogen and oxygen atoms in total. The fourth-order valence-electron chi connectivity index (χ4n) is 3.46. The van der Waals surface area contributed by atoms with Crippen molar-refractivity contribution in [2.24, 2.45) is 0 Å². The summed E-state index contributed by atoms with van der Waals surface area (Å²) in [5.74, 6) is 0.721. The van der Waals surface area contributed by atoms with Gasteiger partial charge in [-0.2, -0.15) is 0 Å². The molecule has 2 unspecified atom stereocenters. The molecule has 2 aliphatic rings. The molecule has 2 atom stereocenters. The summed E-state index contributed by atoms with van der Waals surface area (Å²) in [6, 6.07) is 1.63. The third kappa shape index (κ3) is 2.33. The van der Waals surface area contributed by atoms with Crippen LogP contribution < -0.4 is 5.32 Å². The Balaban J connectivity index is 1.66. The zero-order valence-corrected chi connectivity index (χ0v) is 12.2. The Bertz CT molecular complexity index is 389. The summed E-state index contributed by atoms with van der Waals surface area (Å²) in [7, 11) is 2.30. The van der Waals surface area contributed by atoms with Crippen molar-refractivity contribution in [2.45, 2.75) is 57.2 Å². The molecule has 3 rings (SSSR count). The molecule has 0 aliphatic carbocycles. The number of fused-ring (bicyclic) bond motifs is 2. The van der Waals surface area contributed by atoms with E-state index in [-0.39, 0.29) is 0 Å². The van der Waals surface area contributed by atoms with Crippen LogP contribution >= 0.6 is 11.3 Å². The maximum absolute atomic E-state index is 4.83. The molecule has 100 valence electrons. The van der Waals surface area contributed by atoms with Gasteiger partial charge in [0.05, 0.1) is 10.7 Å². The highest BCUT2D eigenvalue weighted by atomic mass is 32.1. The van der Waals surface area contributed by atoms with Crippen LogP contribution in [-0.4, -0.2) is 35.6 Å². The molecule has 0 aromatic carbocycles. The number of thiazole rings is 1. The van der Waals surface area contributed by atoms with E-state index < -0.39 is 0 Å². The summed E-state index contributed by atoms with van der Waals surface area (Å²) >= 11 is 1.87. The first kappa shape index (κ1) is 12.6. The Kier molecular flexibility index (Phi) is 3.68. The second-order valence-corrected chi connectivity index (χ2v) is 6.57. The Morgan fingerprint density at radius 3 is 2.78 bits per heavy atom. The molecular formula is C14H23N3S. The van der Waals surface area contributed by atoms with Crippen LogP contribution in [0.25, 0.3) is 0 Å². The minimum Gasteiger partial charge on any atom is -0.311 e. The lowest BCUT2D eigenvalue weighted by Crippen LogP contribution is -2.39. The smallest absolute Gasteiger partial charge is 0.0961 e. The van der Waals surface area contributed by atoms with Gasteiger partial charge in [0.15, 0.2) is 0 Å². The molecule has 0 saturated carbocycles. The minimum absolute atomic E-state index is 0.721. The standard InChI is InChI=1S/C14H23N3S/c1-3-15-8-11-9-18-14(16-11)10-6-12-4-5-13(7-10)17(12)2/h9-10,12-13,15H,3-8H2,1-2H3. The van der Waals surface area contributed by atoms with Gasteiger partial charge in [0, 0.05) is 29.9 Å². The molecule has 1 N–H and O–H groups in total. The zero-order chi connectivity index (χ0) is 12.5. The first-order valence-corrected chi connectivity index (χ1v) is 8.02. The monoisotopic (exact) mass is 265 g/mol. The SMILES string of the molecule is CCNCc1csc(C2CC3CCC(C2)N3C)n1. The van der Waals surface area contributed by atoms with Crippen LogP contribution in [0.4, 0.5) is 0 Å². The van der Waals surface area contributed by atoms with E-state index in [0.29, 0.717) is 0 Å². The minimum atomic E-state index is 0.721. The molecule has 2 aliphatic heterocycles. The number of piperidine rings is 1. The Hall–Kier alpha value is -0.450. The summed E-state index contributed by atoms with van der Waals surface area (Å²) < 4.78 is 0. The van der Waals surface area contributed by atoms with E-state index in [1.807, 2.05) is 11.3 Å². The molecule has 2 bridgehead atoms. The highest BCUT2D eigenvalue weighted by Gasteiger charge is 2.39. The molecule has 0 spiro atoms. The lowest BCUT2D eigenvalue weighted by atomic mass is 9.92. The molecule has 1 aromatic rings. The summed E-state index contributed by atoms with van der Waals surface area (Å²) in [5.41, 5.74) is 1.23. The highest BCUT2D eigenvalue weighted by Crippen LogP contribution is 2.42. The van der Waals surface area contributed by atoms with Crippen molar-refractivity contribution in [1.29, 1.82) is 0 Å². The van der Waals surface area contributed by atoms with E-state index >= 15 is 0 Å². The normalized spacial score (nSPS) is 32.0. The van der Waals surface area contributed by atoms with Gasteiger partial charge in [-0.05, 0) is 39.3 Å². The van der Waals surface area contributed by atoms with E-state index in [9.17, 15) is 0 Å². The third-order valence-corrected chi connectivity index (χ3v) is 5.63. The number of hydrogen-bond acceptors (Lipinski definition) is 4. The molecule has 1 aromatic heterocycles. The van der Waals surface area contributed by atoms with Crippen LogP contribution in [0.1, 0.15) is 49.2 Å². The molecule has 18 heavy (non-hydrogen) atoms. The predicted octanol–water partition coefficient (Wildman–Crippen LogP) is 2.59. The van der Waals surface area contributed by atoms with E-state index in [0.717, 1.165) is 31.1 Å². The van der Waals surface area contributed by atoms with E-state index in [1.54, 1.807) is 0 Å². The summed E-state index contributed by atoms with van der Waals surface area (Å²) in [5, 5.41) is 6.97. The van der Waals surface area contributed by atoms with Gasteiger partial charge in [0.1, 0.15) is 0 Å². The summed E-state index contributed by atoms with van der Waals surface area (Å²) in [6.07, 6.45) is 5.43. The lowest BCUT2D eigenvalue weighted by Gasteiger charge is -2.35. The second-order valence-electron chi connectivity index (χ2n) is 5.68. The Morgan fingerprint density at radius 1 is 1.39 bits per heavy atom. The third-order valence-electron chi connectivity index (χ3n) is 4.57. The molecule has 0 amide bonds. The number of rotatable bonds is 4. The number of aromatic nitrogens is 1. The quantitative estimate of drug-likeness (QED) is 0.907. The first-order chi connectivity index (χ1) is 8.78. The van der Waals surface area contributed by atoms with Crippen molar-refractivity contribution in [1.82, 2.24) is 15.2 Å². The van der Waals surface area contributed by atoms with Crippen molar-refractivity contribution in [3.63, 3.8) is 0 Å². The lowest BCUT2D eigenvalue weighted by molar-refractivity contribution is 0.161. The summed E-state index contributed by atoms with van der Waals surface area (Å²) in [6.45, 7) is 4.08. The van der Waals surface area contributed by atoms with Crippen LogP contribution in [-0.2, 0) is 6.54 Å². The maximum Gasteiger partial charge on any atom is 0.0961 e. The topological polar surface area (TPSA) is 28.2 Å². The van der Waals surface area contributed by atoms with Crippen LogP contribution in [0.5, 0.6) is 0 Å². The molecule has 0 radical (unpaired) electrons. The molecule has 3 heterocycles. The van der Waals surface area contributed by atoms with Crippen molar-refractivity contribution >= 4 is 11.3 Å². The van der Waals surface area contributed by atoms with Gasteiger partial charge in [-0.25, -0.2) is 4.98 Å². The Morgan fingerprint density at radius 2 is 2.11 bits per heavy atom. The van der Waals surface area contributed by atoms with E-state index in [4.69, 9.17) is 4.98 Å². The van der Waals surface area contributed by atoms with Crippen molar-refractivity contribution in [2.75, 3.05) is 13.6 Å². The van der Waals surface area contributed by atoms with Crippen LogP contribution in [0, 0.1) is 0 Å². The van der Waals surface area contributed by atoms with Gasteiger partial charge in [-0.1, -0.05) is 6.92 Å². The second kappa shape index (κ2) is 5.27. The molecular weight excluding hydrogens is 242 g/mol. The number of nitrogens with one attached hydrogen (secondary N) is 1. The predicted molar refractivity (Wildman–Crippen MR) is 76.0 cm³/mol. The fraction of sp³-hybridized carbons (Fsp3) is 0.786. The van der Waals surface area contributed by atoms with E-state index in [2.05, 4.69) is 29.6 Å². The summed E-state index contributed by atoms with van der Waals surface area (Å²) in [4.78, 5) is 7.43. The molecule has 2 saturated heterocycles. The van der Waals surface area contributed by atoms with Gasteiger partial charge in [-0.3, -0.25) is 0 Å². The van der Waals surface area contributed by atoms with Crippen LogP contribution in [0.2, 0.25) is 0 Å². The number of hydrogen-bond donors (Lipinski definition) is 1. The van der Waals surface area contributed by atoms with Gasteiger partial charge in [-0.15, -0.1) is 11.3 Å². The zero-order valence-electron chi connectivity index (χ0n) is 11.4. The van der Waals surface area contributed by atoms with Crippen LogP contribution in [0.15, 0.2) is 5.38 Å². The van der Waals surface area contributed by atoms with Crippen molar-refractivity contribution in [3.8, 4) is 0 Å². The van der Waals surface area contributed by atoms with Gasteiger partial charge >= 0.3 is 0 Å². The Labute approximate surface area is 114 Å². The van der Waals surface area contributed by atoms with Gasteiger partial charge < -0.3 is 10.2 Å². The van der Waals surface area contributed by atoms with Crippen molar-refractivity contribution < 1.29 is 0 Å². The van der Waals surface area contributed by atoms with Crippen LogP contribution in [0.3, 0.4) is 0 Å². The fourth-order valence-corrected chi connectivity index (χ4v) is 4.41. The van der Waals surface area contributed by atoms with Gasteiger partial charge in [0.2, 0.25) is 0 Å². The molecule has 2 fully saturated rings. The van der Waals surface area contributed by atoms with Crippen molar-refractivity contribution in [3.05, 3.63) is 16.1 Å². The average Bonchev–Trinajstić information content (AvgIpc) is 2.90. The van der Waals surface area contributed by atoms with E-state index in [1.165, 1.54) is 36.4 Å². The average molecular weight is 265 g/mol. The molecule has 4 heteroatoms. The largest absolute Gasteiger partial charge is 0.311 e. The maximum atomic E-state index is 4.83. The van der Waals surface area contributed by atoms with Gasteiger partial charge in [0.25, 0.3) is 0 Å².